The van der Waals surface area contributed by atoms with Gasteiger partial charge in [0, 0.05) is 38.4 Å². The van der Waals surface area contributed by atoms with E-state index in [1.807, 2.05) is 26.1 Å². The van der Waals surface area contributed by atoms with Crippen LogP contribution in [0, 0.1) is 0 Å². The first-order valence-electron chi connectivity index (χ1n) is 8.41. The van der Waals surface area contributed by atoms with Gasteiger partial charge in [-0.25, -0.2) is 4.98 Å². The molecule has 0 amide bonds. The van der Waals surface area contributed by atoms with Gasteiger partial charge in [-0.15, -0.1) is 24.0 Å². The standard InChI is InChI=1S/C19H24N4O.HI/c1-3-24-18-16(9-6-11-21-18)13-22-19(20-2)23-12-10-15-7-4-5-8-17(15)14-23;/h4-9,11H,3,10,12-14H2,1-2H3,(H,20,22);1H. The van der Waals surface area contributed by atoms with E-state index in [1.165, 1.54) is 11.1 Å². The Bertz CT molecular complexity index is 720. The third kappa shape index (κ3) is 4.84. The molecular formula is C19H25IN4O. The highest BCUT2D eigenvalue weighted by Gasteiger charge is 2.18. The fourth-order valence-corrected chi connectivity index (χ4v) is 3.01. The molecule has 1 aromatic heterocycles. The van der Waals surface area contributed by atoms with Gasteiger partial charge in [0.1, 0.15) is 0 Å². The lowest BCUT2D eigenvalue weighted by Gasteiger charge is -2.31. The van der Waals surface area contributed by atoms with E-state index >= 15 is 0 Å². The van der Waals surface area contributed by atoms with Gasteiger partial charge in [-0.3, -0.25) is 4.99 Å². The summed E-state index contributed by atoms with van der Waals surface area (Å²) < 4.78 is 5.59. The zero-order valence-corrected chi connectivity index (χ0v) is 17.1. The fourth-order valence-electron chi connectivity index (χ4n) is 3.01. The van der Waals surface area contributed by atoms with Gasteiger partial charge in [-0.05, 0) is 30.5 Å². The van der Waals surface area contributed by atoms with Crippen LogP contribution < -0.4 is 10.1 Å². The van der Waals surface area contributed by atoms with Crippen molar-refractivity contribution >= 4 is 29.9 Å². The number of guanidine groups is 1. The van der Waals surface area contributed by atoms with E-state index in [1.54, 1.807) is 6.20 Å². The summed E-state index contributed by atoms with van der Waals surface area (Å²) in [6, 6.07) is 12.6. The summed E-state index contributed by atoms with van der Waals surface area (Å²) in [6.07, 6.45) is 2.80. The zero-order valence-electron chi connectivity index (χ0n) is 14.7. The number of rotatable bonds is 4. The average molecular weight is 452 g/mol. The SMILES string of the molecule is CCOc1ncccc1CNC(=NC)N1CCc2ccccc2C1.I. The van der Waals surface area contributed by atoms with E-state index in [9.17, 15) is 0 Å². The summed E-state index contributed by atoms with van der Waals surface area (Å²) in [5.74, 6) is 1.60. The summed E-state index contributed by atoms with van der Waals surface area (Å²) in [6.45, 7) is 5.09. The molecule has 0 fully saturated rings. The van der Waals surface area contributed by atoms with Crippen molar-refractivity contribution in [3.8, 4) is 5.88 Å². The molecule has 1 aromatic carbocycles. The maximum Gasteiger partial charge on any atom is 0.218 e. The van der Waals surface area contributed by atoms with Crippen molar-refractivity contribution in [3.05, 3.63) is 59.3 Å². The second-order valence-electron chi connectivity index (χ2n) is 5.74. The first-order valence-corrected chi connectivity index (χ1v) is 8.41. The van der Waals surface area contributed by atoms with Gasteiger partial charge in [0.25, 0.3) is 0 Å². The summed E-state index contributed by atoms with van der Waals surface area (Å²) in [5, 5.41) is 3.44. The number of fused-ring (bicyclic) bond motifs is 1. The van der Waals surface area contributed by atoms with E-state index in [4.69, 9.17) is 4.74 Å². The predicted molar refractivity (Wildman–Crippen MR) is 112 cm³/mol. The molecule has 5 nitrogen and oxygen atoms in total. The fraction of sp³-hybridized carbons (Fsp3) is 0.368. The van der Waals surface area contributed by atoms with Gasteiger partial charge < -0.3 is 15.0 Å². The number of ether oxygens (including phenoxy) is 1. The third-order valence-corrected chi connectivity index (χ3v) is 4.21. The molecule has 2 heterocycles. The van der Waals surface area contributed by atoms with Crippen LogP contribution in [0.5, 0.6) is 5.88 Å². The van der Waals surface area contributed by atoms with Crippen LogP contribution in [0.1, 0.15) is 23.6 Å². The quantitative estimate of drug-likeness (QED) is 0.440. The molecule has 0 bridgehead atoms. The average Bonchev–Trinajstić information content (AvgIpc) is 2.63. The number of halogens is 1. The lowest BCUT2D eigenvalue weighted by atomic mass is 10.0. The summed E-state index contributed by atoms with van der Waals surface area (Å²) in [7, 11) is 1.83. The maximum absolute atomic E-state index is 5.59. The van der Waals surface area contributed by atoms with Crippen molar-refractivity contribution in [2.24, 2.45) is 4.99 Å². The van der Waals surface area contributed by atoms with Crippen LogP contribution in [0.25, 0.3) is 0 Å². The van der Waals surface area contributed by atoms with Gasteiger partial charge >= 0.3 is 0 Å². The Hall–Kier alpha value is -1.83. The van der Waals surface area contributed by atoms with Crippen molar-refractivity contribution < 1.29 is 4.74 Å². The highest BCUT2D eigenvalue weighted by Crippen LogP contribution is 2.19. The Balaban J connectivity index is 0.00000225. The van der Waals surface area contributed by atoms with Crippen LogP contribution in [0.4, 0.5) is 0 Å². The van der Waals surface area contributed by atoms with Gasteiger partial charge in [-0.1, -0.05) is 30.3 Å². The summed E-state index contributed by atoms with van der Waals surface area (Å²) in [4.78, 5) is 11.0. The van der Waals surface area contributed by atoms with Crippen molar-refractivity contribution in [1.29, 1.82) is 0 Å². The molecular weight excluding hydrogens is 427 g/mol. The number of nitrogens with zero attached hydrogens (tertiary/aromatic N) is 3. The number of hydrogen-bond acceptors (Lipinski definition) is 3. The number of benzene rings is 1. The molecule has 25 heavy (non-hydrogen) atoms. The molecule has 1 aliphatic heterocycles. The smallest absolute Gasteiger partial charge is 0.218 e. The molecule has 6 heteroatoms. The minimum absolute atomic E-state index is 0. The Morgan fingerprint density at radius 2 is 2.04 bits per heavy atom. The highest BCUT2D eigenvalue weighted by molar-refractivity contribution is 14.0. The van der Waals surface area contributed by atoms with E-state index in [-0.39, 0.29) is 24.0 Å². The number of nitrogens with one attached hydrogen (secondary N) is 1. The monoisotopic (exact) mass is 452 g/mol. The molecule has 0 saturated heterocycles. The first-order chi connectivity index (χ1) is 11.8. The van der Waals surface area contributed by atoms with Crippen LogP contribution in [0.3, 0.4) is 0 Å². The van der Waals surface area contributed by atoms with Crippen molar-refractivity contribution in [1.82, 2.24) is 15.2 Å². The van der Waals surface area contributed by atoms with E-state index in [0.717, 1.165) is 31.0 Å². The van der Waals surface area contributed by atoms with Gasteiger partial charge in [0.15, 0.2) is 5.96 Å². The Kier molecular flexibility index (Phi) is 7.49. The summed E-state index contributed by atoms with van der Waals surface area (Å²) in [5.41, 5.74) is 3.86. The molecule has 0 aliphatic carbocycles. The van der Waals surface area contributed by atoms with Crippen LogP contribution in [0.2, 0.25) is 0 Å². The molecule has 0 saturated carbocycles. The van der Waals surface area contributed by atoms with E-state index in [0.29, 0.717) is 19.0 Å². The second kappa shape index (κ2) is 9.60. The van der Waals surface area contributed by atoms with Crippen LogP contribution in [-0.4, -0.2) is 36.0 Å². The van der Waals surface area contributed by atoms with Crippen molar-refractivity contribution in [2.45, 2.75) is 26.4 Å². The minimum Gasteiger partial charge on any atom is -0.478 e. The maximum atomic E-state index is 5.59. The van der Waals surface area contributed by atoms with E-state index < -0.39 is 0 Å². The normalized spacial score (nSPS) is 13.7. The number of pyridine rings is 1. The van der Waals surface area contributed by atoms with Crippen LogP contribution >= 0.6 is 24.0 Å². The lowest BCUT2D eigenvalue weighted by Crippen LogP contribution is -2.43. The molecule has 134 valence electrons. The second-order valence-corrected chi connectivity index (χ2v) is 5.74. The van der Waals surface area contributed by atoms with Crippen molar-refractivity contribution in [3.63, 3.8) is 0 Å². The van der Waals surface area contributed by atoms with Crippen LogP contribution in [-0.2, 0) is 19.5 Å². The number of hydrogen-bond donors (Lipinski definition) is 1. The van der Waals surface area contributed by atoms with Crippen LogP contribution in [0.15, 0.2) is 47.6 Å². The number of aromatic nitrogens is 1. The highest BCUT2D eigenvalue weighted by atomic mass is 127. The first kappa shape index (κ1) is 19.5. The molecule has 0 unspecified atom stereocenters. The molecule has 2 aromatic rings. The Morgan fingerprint density at radius 3 is 2.80 bits per heavy atom. The molecule has 1 aliphatic rings. The largest absolute Gasteiger partial charge is 0.478 e. The lowest BCUT2D eigenvalue weighted by molar-refractivity contribution is 0.322. The predicted octanol–water partition coefficient (Wildman–Crippen LogP) is 3.23. The Morgan fingerprint density at radius 1 is 1.24 bits per heavy atom. The molecule has 1 N–H and O–H groups in total. The topological polar surface area (TPSA) is 49.8 Å². The van der Waals surface area contributed by atoms with Gasteiger partial charge in [0.2, 0.25) is 5.88 Å². The molecule has 3 rings (SSSR count). The van der Waals surface area contributed by atoms with Gasteiger partial charge in [-0.2, -0.15) is 0 Å². The molecule has 0 radical (unpaired) electrons. The number of aliphatic imine (C=N–C) groups is 1. The zero-order chi connectivity index (χ0) is 16.8. The van der Waals surface area contributed by atoms with Gasteiger partial charge in [0.05, 0.1) is 6.61 Å². The van der Waals surface area contributed by atoms with Crippen molar-refractivity contribution in [2.75, 3.05) is 20.2 Å². The Labute approximate surface area is 166 Å². The minimum atomic E-state index is 0. The summed E-state index contributed by atoms with van der Waals surface area (Å²) >= 11 is 0. The molecule has 0 spiro atoms. The van der Waals surface area contributed by atoms with E-state index in [2.05, 4.69) is 44.5 Å². The third-order valence-electron chi connectivity index (χ3n) is 4.21. The molecule has 0 atom stereocenters.